The third-order valence-electron chi connectivity index (χ3n) is 4.78. The minimum Gasteiger partial charge on any atom is -0.644 e. The molecule has 0 aromatic carbocycles. The monoisotopic (exact) mass is 208 g/mol. The Hall–Kier alpha value is 1.02. The fourth-order valence-electron chi connectivity index (χ4n) is 4.50. The predicted molar refractivity (Wildman–Crippen MR) is 57.6 cm³/mol. The third-order valence-corrected chi connectivity index (χ3v) is 7.83. The van der Waals surface area contributed by atoms with Crippen molar-refractivity contribution in [2.45, 2.75) is 36.9 Å². The Kier molecular flexibility index (Phi) is 2.53. The smallest absolute Gasteiger partial charge is 0.408 e. The molecule has 0 heterocycles. The van der Waals surface area contributed by atoms with E-state index in [1.54, 1.807) is 32.1 Å². The second-order valence-corrected chi connectivity index (χ2v) is 9.14. The van der Waals surface area contributed by atoms with Crippen LogP contribution < -0.4 is 0 Å². The lowest BCUT2D eigenvalue weighted by Crippen LogP contribution is -2.44. The summed E-state index contributed by atoms with van der Waals surface area (Å²) in [6.45, 7) is 0. The van der Waals surface area contributed by atoms with Crippen molar-refractivity contribution in [1.29, 1.82) is 0 Å². The maximum absolute atomic E-state index is 5.65. The summed E-state index contributed by atoms with van der Waals surface area (Å²) in [5.74, 6) is 4.53. The molecule has 0 radical (unpaired) electrons. The Balaban J connectivity index is 1.77. The summed E-state index contributed by atoms with van der Waals surface area (Å²) in [6, 6.07) is 0. The highest BCUT2D eigenvalue weighted by Gasteiger charge is 2.48. The van der Waals surface area contributed by atoms with E-state index in [1.807, 2.05) is 0 Å². The SMILES string of the molecule is [AlH2][O][AlH][CH]1C2CC3CC(C2)CC1C3. The van der Waals surface area contributed by atoms with Crippen LogP contribution in [0, 0.1) is 23.7 Å². The molecule has 0 aromatic heterocycles. The van der Waals surface area contributed by atoms with E-state index in [0.29, 0.717) is 0 Å². The van der Waals surface area contributed by atoms with E-state index in [1.165, 1.54) is 0 Å². The van der Waals surface area contributed by atoms with Gasteiger partial charge in [0.15, 0.2) is 0 Å². The molecule has 0 atom stereocenters. The second kappa shape index (κ2) is 3.55. The molecular formula is C10H18Al2O. The van der Waals surface area contributed by atoms with Crippen molar-refractivity contribution in [3.8, 4) is 0 Å². The molecule has 4 rings (SSSR count). The lowest BCUT2D eigenvalue weighted by Gasteiger charge is -2.54. The number of hydrogen-bond donors (Lipinski definition) is 0. The normalized spacial score (nSPS) is 52.5. The van der Waals surface area contributed by atoms with Crippen LogP contribution in [0.2, 0.25) is 4.78 Å². The topological polar surface area (TPSA) is 9.23 Å². The van der Waals surface area contributed by atoms with Gasteiger partial charge in [-0.1, -0.05) is 4.78 Å². The van der Waals surface area contributed by atoms with E-state index >= 15 is 0 Å². The Labute approximate surface area is 95.4 Å². The van der Waals surface area contributed by atoms with E-state index in [4.69, 9.17) is 2.84 Å². The molecule has 4 saturated carbocycles. The molecule has 70 valence electrons. The molecule has 0 amide bonds. The standard InChI is InChI=1S/C10H15.2Al.O.3H/c1-7-2-9-4-8(1)5-10(3-7)6-9;;;;;;/h1,7-10H,2-6H2;;;;;;. The minimum absolute atomic E-state index is 0.119. The van der Waals surface area contributed by atoms with E-state index in [2.05, 4.69) is 0 Å². The van der Waals surface area contributed by atoms with Gasteiger partial charge in [0.05, 0.1) is 0 Å². The van der Waals surface area contributed by atoms with Crippen molar-refractivity contribution >= 4 is 32.2 Å². The molecule has 0 aromatic rings. The molecule has 4 aliphatic carbocycles. The maximum Gasteiger partial charge on any atom is 0.408 e. The van der Waals surface area contributed by atoms with Crippen molar-refractivity contribution < 1.29 is 2.84 Å². The average molecular weight is 208 g/mol. The van der Waals surface area contributed by atoms with E-state index < -0.39 is 0 Å². The van der Waals surface area contributed by atoms with Gasteiger partial charge in [-0.05, 0) is 55.8 Å². The molecule has 4 fully saturated rings. The molecule has 0 spiro atoms. The molecule has 0 aliphatic heterocycles. The van der Waals surface area contributed by atoms with Crippen molar-refractivity contribution in [2.24, 2.45) is 23.7 Å². The lowest BCUT2D eigenvalue weighted by molar-refractivity contribution is 0.0176. The summed E-state index contributed by atoms with van der Waals surface area (Å²) in [5.41, 5.74) is 0. The third kappa shape index (κ3) is 1.54. The molecule has 0 saturated heterocycles. The van der Waals surface area contributed by atoms with E-state index in [0.717, 1.165) is 45.1 Å². The summed E-state index contributed by atoms with van der Waals surface area (Å²) in [6.07, 6.45) is 7.90. The van der Waals surface area contributed by atoms with Crippen LogP contribution in [0.3, 0.4) is 0 Å². The molecule has 4 bridgehead atoms. The highest BCUT2D eigenvalue weighted by Crippen LogP contribution is 2.58. The largest absolute Gasteiger partial charge is 0.644 e. The number of rotatable bonds is 2. The first-order chi connectivity index (χ1) is 6.36. The van der Waals surface area contributed by atoms with Gasteiger partial charge in [-0.15, -0.1) is 0 Å². The van der Waals surface area contributed by atoms with Gasteiger partial charge in [0, 0.05) is 0 Å². The van der Waals surface area contributed by atoms with Crippen LogP contribution in [-0.4, -0.2) is 32.2 Å². The van der Waals surface area contributed by atoms with Crippen LogP contribution in [0.4, 0.5) is 0 Å². The van der Waals surface area contributed by atoms with Gasteiger partial charge in [0.25, 0.3) is 0 Å². The molecule has 1 nitrogen and oxygen atoms in total. The van der Waals surface area contributed by atoms with Gasteiger partial charge in [-0.2, -0.15) is 0 Å². The molecule has 4 aliphatic rings. The first kappa shape index (κ1) is 9.27. The quantitative estimate of drug-likeness (QED) is 0.618. The van der Waals surface area contributed by atoms with Gasteiger partial charge in [-0.25, -0.2) is 0 Å². The fourth-order valence-corrected chi connectivity index (χ4v) is 7.36. The molecule has 0 N–H and O–H groups in total. The molecule has 13 heavy (non-hydrogen) atoms. The highest BCUT2D eigenvalue weighted by atomic mass is 27.2. The van der Waals surface area contributed by atoms with Crippen molar-refractivity contribution in [1.82, 2.24) is 0 Å². The van der Waals surface area contributed by atoms with Crippen LogP contribution >= 0.6 is 0 Å². The summed E-state index contributed by atoms with van der Waals surface area (Å²) in [4.78, 5) is 0. The van der Waals surface area contributed by atoms with E-state index in [9.17, 15) is 0 Å². The van der Waals surface area contributed by atoms with Gasteiger partial charge < -0.3 is 2.84 Å². The van der Waals surface area contributed by atoms with Crippen molar-refractivity contribution in [3.63, 3.8) is 0 Å². The second-order valence-electron chi connectivity index (χ2n) is 5.55. The zero-order chi connectivity index (χ0) is 8.84. The Morgan fingerprint density at radius 3 is 1.92 bits per heavy atom. The van der Waals surface area contributed by atoms with Crippen molar-refractivity contribution in [3.05, 3.63) is 0 Å². The zero-order valence-corrected chi connectivity index (χ0v) is 12.0. The molecular weight excluding hydrogens is 190 g/mol. The predicted octanol–water partition coefficient (Wildman–Crippen LogP) is 1.15. The first-order valence-corrected chi connectivity index (χ1v) is 8.06. The van der Waals surface area contributed by atoms with Crippen LogP contribution in [0.1, 0.15) is 32.1 Å². The molecule has 3 heteroatoms. The summed E-state index contributed by atoms with van der Waals surface area (Å²) < 4.78 is 6.75. The van der Waals surface area contributed by atoms with Crippen LogP contribution in [0.5, 0.6) is 0 Å². The maximum atomic E-state index is 5.65. The van der Waals surface area contributed by atoms with Gasteiger partial charge in [-0.3, -0.25) is 0 Å². The van der Waals surface area contributed by atoms with Crippen LogP contribution in [0.25, 0.3) is 0 Å². The Morgan fingerprint density at radius 1 is 0.923 bits per heavy atom. The lowest BCUT2D eigenvalue weighted by atomic mass is 9.56. The first-order valence-electron chi connectivity index (χ1n) is 5.85. The van der Waals surface area contributed by atoms with E-state index in [-0.39, 0.29) is 15.6 Å². The Morgan fingerprint density at radius 2 is 1.46 bits per heavy atom. The van der Waals surface area contributed by atoms with Crippen molar-refractivity contribution in [2.75, 3.05) is 0 Å². The fraction of sp³-hybridized carbons (Fsp3) is 1.00. The number of hydrogen-bond acceptors (Lipinski definition) is 1. The average Bonchev–Trinajstić information content (AvgIpc) is 2.10. The minimum atomic E-state index is -0.119. The summed E-state index contributed by atoms with van der Waals surface area (Å²) in [5, 5.41) is 0. The van der Waals surface area contributed by atoms with Gasteiger partial charge in [0.2, 0.25) is 0 Å². The highest BCUT2D eigenvalue weighted by molar-refractivity contribution is 6.36. The summed E-state index contributed by atoms with van der Waals surface area (Å²) in [7, 11) is 0. The van der Waals surface area contributed by atoms with Crippen LogP contribution in [-0.2, 0) is 2.84 Å². The molecule has 0 unspecified atom stereocenters. The zero-order valence-electron chi connectivity index (χ0n) is 8.54. The summed E-state index contributed by atoms with van der Waals surface area (Å²) >= 11 is 0.880. The Bertz CT molecular complexity index is 179. The van der Waals surface area contributed by atoms with Gasteiger partial charge in [0.1, 0.15) is 0 Å². The van der Waals surface area contributed by atoms with Crippen LogP contribution in [0.15, 0.2) is 0 Å². The van der Waals surface area contributed by atoms with Gasteiger partial charge >= 0.3 is 32.2 Å².